The molecule has 5 nitrogen and oxygen atoms in total. The van der Waals surface area contributed by atoms with Gasteiger partial charge in [-0.3, -0.25) is 0 Å². The van der Waals surface area contributed by atoms with E-state index in [-0.39, 0.29) is 5.82 Å². The predicted molar refractivity (Wildman–Crippen MR) is 121 cm³/mol. The molecule has 2 aromatic carbocycles. The average Bonchev–Trinajstić information content (AvgIpc) is 3.28. The molecule has 4 aromatic rings. The lowest BCUT2D eigenvalue weighted by Gasteiger charge is -2.27. The number of aryl methyl sites for hydroxylation is 2. The molecule has 6 heteroatoms. The van der Waals surface area contributed by atoms with Gasteiger partial charge in [0.2, 0.25) is 0 Å². The fourth-order valence-corrected chi connectivity index (χ4v) is 4.78. The van der Waals surface area contributed by atoms with E-state index in [1.807, 2.05) is 6.07 Å². The van der Waals surface area contributed by atoms with Crippen LogP contribution in [-0.4, -0.2) is 21.9 Å². The summed E-state index contributed by atoms with van der Waals surface area (Å²) in [5, 5.41) is 13.3. The summed E-state index contributed by atoms with van der Waals surface area (Å²) in [5.41, 5.74) is 7.77. The Balaban J connectivity index is 1.24. The second kappa shape index (κ2) is 7.86. The van der Waals surface area contributed by atoms with E-state index in [4.69, 9.17) is 4.52 Å². The number of hydrogen-bond acceptors (Lipinski definition) is 5. The molecule has 0 saturated carbocycles. The highest BCUT2D eigenvalue weighted by atomic mass is 19.1. The number of nitrogens with zero attached hydrogens (tertiary/aromatic N) is 4. The zero-order chi connectivity index (χ0) is 21.5. The van der Waals surface area contributed by atoms with Crippen LogP contribution < -0.4 is 4.90 Å². The molecule has 0 amide bonds. The Hall–Kier alpha value is -3.54. The molecule has 1 aliphatic carbocycles. The molecule has 0 atom stereocenters. The molecule has 2 aromatic heterocycles. The molecular weight excluding hydrogens is 403 g/mol. The average molecular weight is 426 g/mol. The number of rotatable bonds is 3. The standard InChI is InChI=1S/C26H23FN4O/c27-21-9-7-18(8-10-21)26-22-16-31(14-13-24(22)30-32-26)25-12-11-23(28-29-25)20-6-5-17-3-1-2-4-19(17)15-20/h5-12,15H,1-4,13-14,16H2. The van der Waals surface area contributed by atoms with E-state index in [9.17, 15) is 4.39 Å². The van der Waals surface area contributed by atoms with Crippen molar-refractivity contribution in [2.45, 2.75) is 38.6 Å². The maximum atomic E-state index is 13.3. The van der Waals surface area contributed by atoms with Gasteiger partial charge in [-0.05, 0) is 79.3 Å². The Labute approximate surface area is 185 Å². The molecule has 1 aliphatic heterocycles. The molecule has 160 valence electrons. The van der Waals surface area contributed by atoms with Crippen LogP contribution in [0.1, 0.15) is 35.2 Å². The normalized spacial score (nSPS) is 15.3. The van der Waals surface area contributed by atoms with Crippen molar-refractivity contribution >= 4 is 5.82 Å². The van der Waals surface area contributed by atoms with Gasteiger partial charge in [-0.25, -0.2) is 4.39 Å². The first kappa shape index (κ1) is 19.2. The van der Waals surface area contributed by atoms with Gasteiger partial charge in [0.05, 0.1) is 17.9 Å². The number of fused-ring (bicyclic) bond motifs is 2. The molecule has 0 saturated heterocycles. The minimum absolute atomic E-state index is 0.266. The predicted octanol–water partition coefficient (Wildman–Crippen LogP) is 5.38. The van der Waals surface area contributed by atoms with Gasteiger partial charge in [-0.1, -0.05) is 17.3 Å². The van der Waals surface area contributed by atoms with Crippen LogP contribution in [0.3, 0.4) is 0 Å². The van der Waals surface area contributed by atoms with Crippen LogP contribution in [0.25, 0.3) is 22.6 Å². The quantitative estimate of drug-likeness (QED) is 0.440. The van der Waals surface area contributed by atoms with Crippen molar-refractivity contribution in [3.8, 4) is 22.6 Å². The van der Waals surface area contributed by atoms with Crippen molar-refractivity contribution in [2.75, 3.05) is 11.4 Å². The van der Waals surface area contributed by atoms with Crippen LogP contribution in [0.4, 0.5) is 10.2 Å². The second-order valence-corrected chi connectivity index (χ2v) is 8.58. The fourth-order valence-electron chi connectivity index (χ4n) is 4.78. The molecule has 32 heavy (non-hydrogen) atoms. The zero-order valence-corrected chi connectivity index (χ0v) is 17.7. The minimum Gasteiger partial charge on any atom is -0.356 e. The van der Waals surface area contributed by atoms with Crippen LogP contribution in [0.15, 0.2) is 59.1 Å². The monoisotopic (exact) mass is 426 g/mol. The highest BCUT2D eigenvalue weighted by Gasteiger charge is 2.26. The third kappa shape index (κ3) is 3.45. The Kier molecular flexibility index (Phi) is 4.71. The minimum atomic E-state index is -0.266. The molecular formula is C26H23FN4O. The number of hydrogen-bond donors (Lipinski definition) is 0. The maximum Gasteiger partial charge on any atom is 0.172 e. The Morgan fingerprint density at radius 1 is 0.812 bits per heavy atom. The van der Waals surface area contributed by atoms with Gasteiger partial charge in [-0.2, -0.15) is 0 Å². The number of anilines is 1. The van der Waals surface area contributed by atoms with Crippen molar-refractivity contribution in [3.63, 3.8) is 0 Å². The molecule has 0 fully saturated rings. The second-order valence-electron chi connectivity index (χ2n) is 8.58. The maximum absolute atomic E-state index is 13.3. The number of halogens is 1. The Bertz CT molecular complexity index is 1260. The lowest BCUT2D eigenvalue weighted by atomic mass is 9.90. The molecule has 0 radical (unpaired) electrons. The van der Waals surface area contributed by atoms with Gasteiger partial charge in [0.25, 0.3) is 0 Å². The molecule has 3 heterocycles. The summed E-state index contributed by atoms with van der Waals surface area (Å²) in [5.74, 6) is 1.27. The summed E-state index contributed by atoms with van der Waals surface area (Å²) < 4.78 is 18.9. The molecule has 6 rings (SSSR count). The van der Waals surface area contributed by atoms with Gasteiger partial charge in [-0.15, -0.1) is 10.2 Å². The van der Waals surface area contributed by atoms with Gasteiger partial charge >= 0.3 is 0 Å². The van der Waals surface area contributed by atoms with Crippen LogP contribution >= 0.6 is 0 Å². The Morgan fingerprint density at radius 2 is 1.62 bits per heavy atom. The third-order valence-corrected chi connectivity index (χ3v) is 6.56. The number of aromatic nitrogens is 3. The zero-order valence-electron chi connectivity index (χ0n) is 17.7. The van der Waals surface area contributed by atoms with Crippen LogP contribution in [0.2, 0.25) is 0 Å². The summed E-state index contributed by atoms with van der Waals surface area (Å²) >= 11 is 0. The lowest BCUT2D eigenvalue weighted by Crippen LogP contribution is -2.31. The first-order chi connectivity index (χ1) is 15.7. The Morgan fingerprint density at radius 3 is 2.44 bits per heavy atom. The van der Waals surface area contributed by atoms with Crippen LogP contribution in [-0.2, 0) is 25.8 Å². The summed E-state index contributed by atoms with van der Waals surface area (Å²) in [7, 11) is 0. The van der Waals surface area contributed by atoms with Crippen molar-refractivity contribution in [1.82, 2.24) is 15.4 Å². The largest absolute Gasteiger partial charge is 0.356 e. The van der Waals surface area contributed by atoms with Crippen molar-refractivity contribution in [1.29, 1.82) is 0 Å². The van der Waals surface area contributed by atoms with Crippen LogP contribution in [0, 0.1) is 5.82 Å². The smallest absolute Gasteiger partial charge is 0.172 e. The summed E-state index contributed by atoms with van der Waals surface area (Å²) in [6.07, 6.45) is 5.66. The highest BCUT2D eigenvalue weighted by Crippen LogP contribution is 2.32. The molecule has 0 N–H and O–H groups in total. The summed E-state index contributed by atoms with van der Waals surface area (Å²) in [4.78, 5) is 2.19. The van der Waals surface area contributed by atoms with E-state index >= 15 is 0 Å². The van der Waals surface area contributed by atoms with Crippen molar-refractivity contribution < 1.29 is 8.91 Å². The first-order valence-corrected chi connectivity index (χ1v) is 11.2. The molecule has 0 unspecified atom stereocenters. The van der Waals surface area contributed by atoms with E-state index in [1.54, 1.807) is 12.1 Å². The summed E-state index contributed by atoms with van der Waals surface area (Å²) in [6.45, 7) is 1.44. The van der Waals surface area contributed by atoms with E-state index in [0.717, 1.165) is 53.3 Å². The molecule has 0 bridgehead atoms. The van der Waals surface area contributed by atoms with Crippen molar-refractivity contribution in [3.05, 3.63) is 82.8 Å². The van der Waals surface area contributed by atoms with Gasteiger partial charge in [0.1, 0.15) is 5.82 Å². The van der Waals surface area contributed by atoms with Gasteiger partial charge in [0.15, 0.2) is 11.6 Å². The van der Waals surface area contributed by atoms with E-state index in [1.165, 1.54) is 42.5 Å². The van der Waals surface area contributed by atoms with Crippen molar-refractivity contribution in [2.24, 2.45) is 0 Å². The molecule has 0 spiro atoms. The van der Waals surface area contributed by atoms with E-state index < -0.39 is 0 Å². The summed E-state index contributed by atoms with van der Waals surface area (Å²) in [6, 6.07) is 17.1. The third-order valence-electron chi connectivity index (χ3n) is 6.56. The van der Waals surface area contributed by atoms with E-state index in [0.29, 0.717) is 12.3 Å². The number of benzene rings is 2. The molecule has 2 aliphatic rings. The van der Waals surface area contributed by atoms with Gasteiger partial charge in [0, 0.05) is 29.7 Å². The fraction of sp³-hybridized carbons (Fsp3) is 0.269. The lowest BCUT2D eigenvalue weighted by molar-refractivity contribution is 0.424. The van der Waals surface area contributed by atoms with Gasteiger partial charge < -0.3 is 9.42 Å². The topological polar surface area (TPSA) is 55.1 Å². The van der Waals surface area contributed by atoms with E-state index in [2.05, 4.69) is 44.5 Å². The SMILES string of the molecule is Fc1ccc(-c2onc3c2CN(c2ccc(-c4ccc5c(c4)CCCC5)nn2)CC3)cc1. The first-order valence-electron chi connectivity index (χ1n) is 11.2. The highest BCUT2D eigenvalue weighted by molar-refractivity contribution is 5.65. The van der Waals surface area contributed by atoms with Crippen LogP contribution in [0.5, 0.6) is 0 Å².